The molecular weight excluding hydrogens is 230 g/mol. The third-order valence-corrected chi connectivity index (χ3v) is 3.25. The summed E-state index contributed by atoms with van der Waals surface area (Å²) in [4.78, 5) is 17.8. The Labute approximate surface area is 109 Å². The van der Waals surface area contributed by atoms with Crippen LogP contribution in [0.3, 0.4) is 0 Å². The third kappa shape index (κ3) is 3.65. The molecule has 0 unspecified atom stereocenters. The summed E-state index contributed by atoms with van der Waals surface area (Å²) in [6.45, 7) is 1.95. The van der Waals surface area contributed by atoms with E-state index in [4.69, 9.17) is 0 Å². The Morgan fingerprint density at radius 2 is 2.28 bits per heavy atom. The number of amides is 1. The molecular formula is C13H23N3O2. The maximum atomic E-state index is 11.8. The van der Waals surface area contributed by atoms with E-state index in [0.717, 1.165) is 18.6 Å². The molecule has 0 spiro atoms. The van der Waals surface area contributed by atoms with E-state index in [1.165, 1.54) is 0 Å². The number of rotatable bonds is 6. The highest BCUT2D eigenvalue weighted by molar-refractivity contribution is 5.88. The number of aliphatic imine (C=N–C) groups is 1. The first kappa shape index (κ1) is 14.9. The van der Waals surface area contributed by atoms with Gasteiger partial charge in [0.1, 0.15) is 6.04 Å². The topological polar surface area (TPSA) is 64.9 Å². The molecule has 0 aliphatic carbocycles. The maximum Gasteiger partial charge on any atom is 0.239 e. The van der Waals surface area contributed by atoms with Gasteiger partial charge in [-0.1, -0.05) is 13.0 Å². The summed E-state index contributed by atoms with van der Waals surface area (Å²) >= 11 is 0. The minimum atomic E-state index is -0.705. The van der Waals surface area contributed by atoms with Gasteiger partial charge < -0.3 is 10.4 Å². The lowest BCUT2D eigenvalue weighted by atomic mass is 9.91. The predicted octanol–water partition coefficient (Wildman–Crippen LogP) is 0.408. The Balaban J connectivity index is 2.64. The van der Waals surface area contributed by atoms with Crippen LogP contribution in [0.2, 0.25) is 0 Å². The summed E-state index contributed by atoms with van der Waals surface area (Å²) in [6.07, 6.45) is 4.65. The lowest BCUT2D eigenvalue weighted by Gasteiger charge is -2.31. The van der Waals surface area contributed by atoms with Crippen LogP contribution in [0, 0.1) is 5.92 Å². The van der Waals surface area contributed by atoms with Crippen molar-refractivity contribution in [2.24, 2.45) is 10.9 Å². The highest BCUT2D eigenvalue weighted by Crippen LogP contribution is 2.18. The van der Waals surface area contributed by atoms with E-state index < -0.39 is 12.1 Å². The number of likely N-dealkylation sites (N-methyl/N-ethyl adjacent to an activating group) is 2. The van der Waals surface area contributed by atoms with E-state index in [2.05, 4.69) is 10.3 Å². The fourth-order valence-electron chi connectivity index (χ4n) is 2.18. The van der Waals surface area contributed by atoms with Gasteiger partial charge in [-0.15, -0.1) is 0 Å². The first-order valence-corrected chi connectivity index (χ1v) is 6.24. The number of hydrogen-bond donors (Lipinski definition) is 2. The molecule has 5 nitrogen and oxygen atoms in total. The van der Waals surface area contributed by atoms with Gasteiger partial charge in [0.15, 0.2) is 0 Å². The molecule has 0 saturated heterocycles. The lowest BCUT2D eigenvalue weighted by molar-refractivity contribution is -0.130. The molecule has 0 aromatic carbocycles. The summed E-state index contributed by atoms with van der Waals surface area (Å²) in [5.74, 6) is -0.167. The van der Waals surface area contributed by atoms with Gasteiger partial charge >= 0.3 is 0 Å². The van der Waals surface area contributed by atoms with Crippen LogP contribution in [-0.2, 0) is 4.79 Å². The summed E-state index contributed by atoms with van der Waals surface area (Å²) in [7, 11) is 5.18. The molecule has 1 aliphatic heterocycles. The van der Waals surface area contributed by atoms with Crippen molar-refractivity contribution < 1.29 is 9.90 Å². The first-order valence-electron chi connectivity index (χ1n) is 6.24. The van der Waals surface area contributed by atoms with E-state index in [1.54, 1.807) is 32.2 Å². The first-order chi connectivity index (χ1) is 8.47. The Morgan fingerprint density at radius 1 is 1.61 bits per heavy atom. The molecule has 5 heteroatoms. The van der Waals surface area contributed by atoms with Crippen molar-refractivity contribution in [2.75, 3.05) is 21.1 Å². The highest BCUT2D eigenvalue weighted by Gasteiger charge is 2.32. The van der Waals surface area contributed by atoms with E-state index >= 15 is 0 Å². The van der Waals surface area contributed by atoms with E-state index in [1.807, 2.05) is 13.0 Å². The molecule has 1 amide bonds. The number of carbonyl (C=O) groups excluding carboxylic acids is 1. The Kier molecular flexibility index (Phi) is 5.50. The molecule has 1 rings (SSSR count). The van der Waals surface area contributed by atoms with Crippen LogP contribution >= 0.6 is 0 Å². The second kappa shape index (κ2) is 6.66. The largest absolute Gasteiger partial charge is 0.391 e. The summed E-state index contributed by atoms with van der Waals surface area (Å²) in [6, 6.07) is -0.528. The van der Waals surface area contributed by atoms with Gasteiger partial charge in [0.2, 0.25) is 5.91 Å². The Morgan fingerprint density at radius 3 is 2.72 bits per heavy atom. The van der Waals surface area contributed by atoms with Crippen LogP contribution in [0.4, 0.5) is 0 Å². The number of carbonyl (C=O) groups is 1. The van der Waals surface area contributed by atoms with Gasteiger partial charge in [0.05, 0.1) is 6.10 Å². The van der Waals surface area contributed by atoms with Crippen LogP contribution < -0.4 is 5.32 Å². The average Bonchev–Trinajstić information content (AvgIpc) is 2.81. The van der Waals surface area contributed by atoms with Crippen LogP contribution in [0.15, 0.2) is 17.3 Å². The van der Waals surface area contributed by atoms with Gasteiger partial charge in [-0.05, 0) is 26.4 Å². The SMILES string of the molecule is CNC(=O)[C@@H]([C@H](O)[C@H](C)CC1=NC=CC1)N(C)C. The lowest BCUT2D eigenvalue weighted by Crippen LogP contribution is -2.52. The van der Waals surface area contributed by atoms with E-state index in [0.29, 0.717) is 0 Å². The third-order valence-electron chi connectivity index (χ3n) is 3.25. The number of aliphatic hydroxyl groups excluding tert-OH is 1. The summed E-state index contributed by atoms with van der Waals surface area (Å²) in [5, 5.41) is 12.9. The van der Waals surface area contributed by atoms with Crippen molar-refractivity contribution in [3.63, 3.8) is 0 Å². The monoisotopic (exact) mass is 253 g/mol. The molecule has 0 aromatic heterocycles. The Hall–Kier alpha value is -1.20. The molecule has 2 N–H and O–H groups in total. The number of nitrogens with zero attached hydrogens (tertiary/aromatic N) is 2. The van der Waals surface area contributed by atoms with Crippen molar-refractivity contribution >= 4 is 11.6 Å². The quantitative estimate of drug-likeness (QED) is 0.720. The Bertz CT molecular complexity index is 350. The maximum absolute atomic E-state index is 11.8. The van der Waals surface area contributed by atoms with Crippen LogP contribution in [0.25, 0.3) is 0 Å². The molecule has 18 heavy (non-hydrogen) atoms. The smallest absolute Gasteiger partial charge is 0.239 e. The van der Waals surface area contributed by atoms with Crippen LogP contribution in [-0.4, -0.2) is 54.9 Å². The van der Waals surface area contributed by atoms with Gasteiger partial charge in [-0.2, -0.15) is 0 Å². The van der Waals surface area contributed by atoms with Gasteiger partial charge in [0, 0.05) is 25.4 Å². The number of allylic oxidation sites excluding steroid dienone is 1. The zero-order valence-corrected chi connectivity index (χ0v) is 11.6. The standard InChI is InChI=1S/C13H23N3O2/c1-9(8-10-6-5-7-15-10)12(17)11(16(3)4)13(18)14-2/h5,7,9,11-12,17H,6,8H2,1-4H3,(H,14,18)/t9-,11-,12-/m1/s1. The fourth-order valence-corrected chi connectivity index (χ4v) is 2.18. The molecule has 0 bridgehead atoms. The number of nitrogens with one attached hydrogen (secondary N) is 1. The summed E-state index contributed by atoms with van der Waals surface area (Å²) in [5.41, 5.74) is 1.07. The van der Waals surface area contributed by atoms with Crippen molar-refractivity contribution in [3.05, 3.63) is 12.3 Å². The highest BCUT2D eigenvalue weighted by atomic mass is 16.3. The molecule has 0 aromatic rings. The fraction of sp³-hybridized carbons (Fsp3) is 0.692. The van der Waals surface area contributed by atoms with Crippen molar-refractivity contribution in [1.82, 2.24) is 10.2 Å². The van der Waals surface area contributed by atoms with Crippen molar-refractivity contribution in [2.45, 2.75) is 31.9 Å². The molecule has 1 heterocycles. The predicted molar refractivity (Wildman–Crippen MR) is 72.5 cm³/mol. The van der Waals surface area contributed by atoms with Gasteiger partial charge in [0.25, 0.3) is 0 Å². The zero-order chi connectivity index (χ0) is 13.7. The van der Waals surface area contributed by atoms with Crippen molar-refractivity contribution in [1.29, 1.82) is 0 Å². The second-order valence-electron chi connectivity index (χ2n) is 4.98. The molecule has 3 atom stereocenters. The molecule has 0 fully saturated rings. The zero-order valence-electron chi connectivity index (χ0n) is 11.6. The number of hydrogen-bond acceptors (Lipinski definition) is 4. The van der Waals surface area contributed by atoms with Gasteiger partial charge in [-0.25, -0.2) is 0 Å². The molecule has 0 saturated carbocycles. The van der Waals surface area contributed by atoms with Crippen LogP contribution in [0.1, 0.15) is 19.8 Å². The molecule has 1 aliphatic rings. The summed E-state index contributed by atoms with van der Waals surface area (Å²) < 4.78 is 0. The van der Waals surface area contributed by atoms with E-state index in [9.17, 15) is 9.90 Å². The average molecular weight is 253 g/mol. The number of aliphatic hydroxyl groups is 1. The molecule has 0 radical (unpaired) electrons. The van der Waals surface area contributed by atoms with Gasteiger partial charge in [-0.3, -0.25) is 14.7 Å². The minimum Gasteiger partial charge on any atom is -0.391 e. The second-order valence-corrected chi connectivity index (χ2v) is 4.98. The molecule has 102 valence electrons. The van der Waals surface area contributed by atoms with Crippen molar-refractivity contribution in [3.8, 4) is 0 Å². The minimum absolute atomic E-state index is 0.00616. The normalized spacial score (nSPS) is 19.6. The van der Waals surface area contributed by atoms with Crippen LogP contribution in [0.5, 0.6) is 0 Å². The van der Waals surface area contributed by atoms with E-state index in [-0.39, 0.29) is 11.8 Å².